The standard InChI is InChI=1S/C18H18N4O5S/c1-12-16(28(23,24)22-6-2-3-7-22)9-15(26-12)18-21-14(10-19)17(27-18)20-11-13-5-4-8-25-13/h4-5,8-9,20H,2-3,6-7,11H2,1H3. The first-order valence-electron chi connectivity index (χ1n) is 8.77. The molecule has 0 saturated carbocycles. The minimum absolute atomic E-state index is 0.0319. The number of hydrogen-bond donors (Lipinski definition) is 1. The van der Waals surface area contributed by atoms with Crippen LogP contribution in [-0.2, 0) is 16.6 Å². The molecule has 9 nitrogen and oxygen atoms in total. The molecule has 0 atom stereocenters. The van der Waals surface area contributed by atoms with E-state index in [2.05, 4.69) is 10.3 Å². The Kier molecular flexibility index (Phi) is 4.70. The highest BCUT2D eigenvalue weighted by Crippen LogP contribution is 2.33. The molecule has 0 unspecified atom stereocenters. The first kappa shape index (κ1) is 18.3. The predicted octanol–water partition coefficient (Wildman–Crippen LogP) is 3.10. The lowest BCUT2D eigenvalue weighted by Crippen LogP contribution is -2.27. The summed E-state index contributed by atoms with van der Waals surface area (Å²) in [5.41, 5.74) is 0.0413. The summed E-state index contributed by atoms with van der Waals surface area (Å²) in [5, 5.41) is 12.2. The van der Waals surface area contributed by atoms with Gasteiger partial charge in [0, 0.05) is 19.2 Å². The zero-order valence-electron chi connectivity index (χ0n) is 15.1. The molecule has 3 aromatic heterocycles. The van der Waals surface area contributed by atoms with Crippen LogP contribution in [0.25, 0.3) is 11.7 Å². The predicted molar refractivity (Wildman–Crippen MR) is 97.7 cm³/mol. The van der Waals surface area contributed by atoms with Crippen LogP contribution in [-0.4, -0.2) is 30.8 Å². The van der Waals surface area contributed by atoms with Gasteiger partial charge in [0.25, 0.3) is 5.89 Å². The van der Waals surface area contributed by atoms with Crippen molar-refractivity contribution in [1.29, 1.82) is 5.26 Å². The minimum Gasteiger partial charge on any atom is -0.467 e. The third-order valence-electron chi connectivity index (χ3n) is 4.50. The number of nitriles is 1. The Morgan fingerprint density at radius 1 is 1.32 bits per heavy atom. The van der Waals surface area contributed by atoms with E-state index < -0.39 is 10.0 Å². The smallest absolute Gasteiger partial charge is 0.266 e. The van der Waals surface area contributed by atoms with Gasteiger partial charge in [-0.25, -0.2) is 8.42 Å². The van der Waals surface area contributed by atoms with E-state index in [0.29, 0.717) is 25.4 Å². The molecule has 1 aliphatic heterocycles. The summed E-state index contributed by atoms with van der Waals surface area (Å²) in [5.74, 6) is 1.26. The number of rotatable bonds is 6. The molecule has 0 bridgehead atoms. The quantitative estimate of drug-likeness (QED) is 0.666. The van der Waals surface area contributed by atoms with Crippen LogP contribution in [0.15, 0.2) is 42.6 Å². The second-order valence-corrected chi connectivity index (χ2v) is 8.29. The maximum absolute atomic E-state index is 12.8. The van der Waals surface area contributed by atoms with Crippen molar-refractivity contribution in [2.24, 2.45) is 0 Å². The van der Waals surface area contributed by atoms with Crippen LogP contribution < -0.4 is 5.32 Å². The summed E-state index contributed by atoms with van der Waals surface area (Å²) in [7, 11) is -3.63. The van der Waals surface area contributed by atoms with Crippen molar-refractivity contribution >= 4 is 15.9 Å². The summed E-state index contributed by atoms with van der Waals surface area (Å²) in [6.45, 7) is 2.89. The van der Waals surface area contributed by atoms with Crippen molar-refractivity contribution in [3.63, 3.8) is 0 Å². The fraction of sp³-hybridized carbons (Fsp3) is 0.333. The number of aromatic nitrogens is 1. The molecule has 4 rings (SSSR count). The van der Waals surface area contributed by atoms with Crippen molar-refractivity contribution in [2.45, 2.75) is 31.2 Å². The van der Waals surface area contributed by atoms with E-state index in [-0.39, 0.29) is 33.9 Å². The lowest BCUT2D eigenvalue weighted by molar-refractivity contribution is 0.469. The van der Waals surface area contributed by atoms with Crippen LogP contribution in [0.2, 0.25) is 0 Å². The fourth-order valence-corrected chi connectivity index (χ4v) is 4.77. The van der Waals surface area contributed by atoms with Crippen molar-refractivity contribution in [3.8, 4) is 17.7 Å². The zero-order chi connectivity index (χ0) is 19.7. The van der Waals surface area contributed by atoms with E-state index in [1.54, 1.807) is 25.3 Å². The molecule has 146 valence electrons. The van der Waals surface area contributed by atoms with Gasteiger partial charge in [-0.1, -0.05) is 0 Å². The van der Waals surface area contributed by atoms with Crippen molar-refractivity contribution < 1.29 is 21.7 Å². The highest BCUT2D eigenvalue weighted by Gasteiger charge is 2.32. The average Bonchev–Trinajstić information content (AvgIpc) is 3.46. The van der Waals surface area contributed by atoms with E-state index in [4.69, 9.17) is 13.3 Å². The Bertz CT molecular complexity index is 1120. The molecule has 0 spiro atoms. The summed E-state index contributed by atoms with van der Waals surface area (Å²) >= 11 is 0. The van der Waals surface area contributed by atoms with Gasteiger partial charge >= 0.3 is 0 Å². The zero-order valence-corrected chi connectivity index (χ0v) is 16.0. The van der Waals surface area contributed by atoms with Gasteiger partial charge < -0.3 is 18.6 Å². The molecule has 0 aliphatic carbocycles. The average molecular weight is 402 g/mol. The topological polar surface area (TPSA) is 126 Å². The van der Waals surface area contributed by atoms with Gasteiger partial charge in [-0.2, -0.15) is 14.6 Å². The molecule has 28 heavy (non-hydrogen) atoms. The summed E-state index contributed by atoms with van der Waals surface area (Å²) in [6.07, 6.45) is 3.24. The lowest BCUT2D eigenvalue weighted by atomic mass is 10.4. The number of oxazole rings is 1. The van der Waals surface area contributed by atoms with Crippen molar-refractivity contribution in [2.75, 3.05) is 18.4 Å². The minimum atomic E-state index is -3.63. The van der Waals surface area contributed by atoms with E-state index in [9.17, 15) is 13.7 Å². The maximum Gasteiger partial charge on any atom is 0.266 e. The van der Waals surface area contributed by atoms with Gasteiger partial charge in [0.2, 0.25) is 21.6 Å². The van der Waals surface area contributed by atoms with E-state index >= 15 is 0 Å². The van der Waals surface area contributed by atoms with E-state index in [1.165, 1.54) is 10.4 Å². The molecule has 1 fully saturated rings. The summed E-state index contributed by atoms with van der Waals surface area (Å²) < 4.78 is 43.5. The maximum atomic E-state index is 12.8. The number of anilines is 1. The van der Waals surface area contributed by atoms with Crippen molar-refractivity contribution in [3.05, 3.63) is 41.7 Å². The Hall–Kier alpha value is -3.03. The van der Waals surface area contributed by atoms with Gasteiger partial charge in [0.05, 0.1) is 12.8 Å². The van der Waals surface area contributed by atoms with Gasteiger partial charge in [-0.05, 0) is 31.9 Å². The molecular weight excluding hydrogens is 384 g/mol. The van der Waals surface area contributed by atoms with E-state index in [0.717, 1.165) is 12.8 Å². The van der Waals surface area contributed by atoms with Crippen LogP contribution in [0, 0.1) is 18.3 Å². The second-order valence-electron chi connectivity index (χ2n) is 6.38. The van der Waals surface area contributed by atoms with Crippen molar-refractivity contribution in [1.82, 2.24) is 9.29 Å². The number of furan rings is 2. The molecule has 1 N–H and O–H groups in total. The largest absolute Gasteiger partial charge is 0.467 e. The number of aryl methyl sites for hydroxylation is 1. The molecular formula is C18H18N4O5S. The normalized spacial score (nSPS) is 15.0. The van der Waals surface area contributed by atoms with Crippen LogP contribution in [0.5, 0.6) is 0 Å². The number of hydrogen-bond acceptors (Lipinski definition) is 8. The first-order chi connectivity index (χ1) is 13.5. The molecule has 1 saturated heterocycles. The molecule has 0 radical (unpaired) electrons. The Morgan fingerprint density at radius 2 is 2.11 bits per heavy atom. The SMILES string of the molecule is Cc1oc(-c2nc(C#N)c(NCc3ccco3)o2)cc1S(=O)(=O)N1CCCC1. The van der Waals surface area contributed by atoms with Gasteiger partial charge in [0.1, 0.15) is 22.5 Å². The first-order valence-corrected chi connectivity index (χ1v) is 10.2. The Labute approximate surface area is 161 Å². The highest BCUT2D eigenvalue weighted by molar-refractivity contribution is 7.89. The van der Waals surface area contributed by atoms with Crippen LogP contribution in [0.4, 0.5) is 5.88 Å². The monoisotopic (exact) mass is 402 g/mol. The number of nitrogens with zero attached hydrogens (tertiary/aromatic N) is 3. The van der Waals surface area contributed by atoms with Crippen LogP contribution >= 0.6 is 0 Å². The molecule has 0 amide bonds. The van der Waals surface area contributed by atoms with Gasteiger partial charge in [0.15, 0.2) is 5.76 Å². The third-order valence-corrected chi connectivity index (χ3v) is 6.51. The number of nitrogens with one attached hydrogen (secondary N) is 1. The van der Waals surface area contributed by atoms with Crippen LogP contribution in [0.1, 0.15) is 30.1 Å². The van der Waals surface area contributed by atoms with Gasteiger partial charge in [-0.3, -0.25) is 0 Å². The highest BCUT2D eigenvalue weighted by atomic mass is 32.2. The Balaban J connectivity index is 1.62. The fourth-order valence-electron chi connectivity index (χ4n) is 3.10. The Morgan fingerprint density at radius 3 is 2.79 bits per heavy atom. The van der Waals surface area contributed by atoms with Crippen LogP contribution in [0.3, 0.4) is 0 Å². The number of sulfonamides is 1. The van der Waals surface area contributed by atoms with E-state index in [1.807, 2.05) is 6.07 Å². The summed E-state index contributed by atoms with van der Waals surface area (Å²) in [4.78, 5) is 4.20. The second kappa shape index (κ2) is 7.18. The lowest BCUT2D eigenvalue weighted by Gasteiger charge is -2.14. The molecule has 3 aromatic rings. The summed E-state index contributed by atoms with van der Waals surface area (Å²) in [6, 6.07) is 6.87. The molecule has 10 heteroatoms. The van der Waals surface area contributed by atoms with Gasteiger partial charge in [-0.15, -0.1) is 0 Å². The molecule has 4 heterocycles. The molecule has 1 aliphatic rings. The molecule has 0 aromatic carbocycles. The third kappa shape index (κ3) is 3.30.